The zero-order chi connectivity index (χ0) is 19.8. The minimum Gasteiger partial charge on any atom is -0.369 e. The van der Waals surface area contributed by atoms with Crippen LogP contribution in [0, 0.1) is 5.92 Å². The van der Waals surface area contributed by atoms with Gasteiger partial charge in [-0.2, -0.15) is 0 Å². The number of hydrogen-bond donors (Lipinski definition) is 3. The van der Waals surface area contributed by atoms with Crippen molar-refractivity contribution in [3.8, 4) is 0 Å². The Hall–Kier alpha value is -2.31. The molecular formula is C21H34N6O. The molecule has 1 aliphatic carbocycles. The lowest BCUT2D eigenvalue weighted by molar-refractivity contribution is -0.122. The van der Waals surface area contributed by atoms with E-state index in [2.05, 4.69) is 33.5 Å². The lowest BCUT2D eigenvalue weighted by atomic mass is 9.96. The number of carbonyl (C=O) groups excluding carboxylic acids is 1. The fraction of sp³-hybridized carbons (Fsp3) is 0.667. The summed E-state index contributed by atoms with van der Waals surface area (Å²) in [6.45, 7) is 5.14. The Morgan fingerprint density at radius 3 is 2.68 bits per heavy atom. The summed E-state index contributed by atoms with van der Waals surface area (Å²) < 4.78 is 0. The van der Waals surface area contributed by atoms with Gasteiger partial charge in [-0.25, -0.2) is 9.98 Å². The number of aliphatic imine (C=N–C) groups is 1. The monoisotopic (exact) mass is 386 g/mol. The highest BCUT2D eigenvalue weighted by Gasteiger charge is 2.25. The second-order valence-electron chi connectivity index (χ2n) is 7.82. The highest BCUT2D eigenvalue weighted by molar-refractivity contribution is 5.80. The van der Waals surface area contributed by atoms with Crippen molar-refractivity contribution in [2.45, 2.75) is 64.5 Å². The van der Waals surface area contributed by atoms with E-state index in [4.69, 9.17) is 10.7 Å². The highest BCUT2D eigenvalue weighted by atomic mass is 16.1. The number of primary amides is 1. The molecule has 2 fully saturated rings. The molecule has 1 aromatic rings. The molecule has 7 heteroatoms. The first-order valence-corrected chi connectivity index (χ1v) is 10.7. The number of pyridine rings is 1. The topological polar surface area (TPSA) is 95.6 Å². The Labute approximate surface area is 168 Å². The van der Waals surface area contributed by atoms with Crippen molar-refractivity contribution < 1.29 is 4.79 Å². The van der Waals surface area contributed by atoms with Crippen molar-refractivity contribution in [2.24, 2.45) is 16.6 Å². The van der Waals surface area contributed by atoms with Gasteiger partial charge in [0.25, 0.3) is 0 Å². The molecule has 0 bridgehead atoms. The van der Waals surface area contributed by atoms with E-state index in [1.807, 2.05) is 12.3 Å². The number of carbonyl (C=O) groups is 1. The second-order valence-corrected chi connectivity index (χ2v) is 7.82. The number of nitrogens with one attached hydrogen (secondary N) is 2. The number of piperidine rings is 1. The van der Waals surface area contributed by atoms with Crippen LogP contribution in [0.3, 0.4) is 0 Å². The molecule has 3 rings (SSSR count). The van der Waals surface area contributed by atoms with Crippen molar-refractivity contribution in [3.05, 3.63) is 23.9 Å². The van der Waals surface area contributed by atoms with Gasteiger partial charge >= 0.3 is 0 Å². The molecule has 4 N–H and O–H groups in total. The van der Waals surface area contributed by atoms with Crippen LogP contribution in [0.2, 0.25) is 0 Å². The summed E-state index contributed by atoms with van der Waals surface area (Å²) >= 11 is 0. The second kappa shape index (κ2) is 10.3. The molecule has 7 nitrogen and oxygen atoms in total. The van der Waals surface area contributed by atoms with E-state index >= 15 is 0 Å². The fourth-order valence-electron chi connectivity index (χ4n) is 4.14. The Balaban J connectivity index is 1.65. The van der Waals surface area contributed by atoms with E-state index in [0.717, 1.165) is 49.8 Å². The maximum absolute atomic E-state index is 11.4. The molecule has 0 aromatic carbocycles. The zero-order valence-electron chi connectivity index (χ0n) is 17.0. The lowest BCUT2D eigenvalue weighted by Crippen LogP contribution is -2.44. The van der Waals surface area contributed by atoms with Crippen molar-refractivity contribution in [3.63, 3.8) is 0 Å². The molecule has 1 saturated heterocycles. The van der Waals surface area contributed by atoms with E-state index < -0.39 is 0 Å². The van der Waals surface area contributed by atoms with Crippen LogP contribution in [0.5, 0.6) is 0 Å². The van der Waals surface area contributed by atoms with Crippen LogP contribution in [0.15, 0.2) is 23.3 Å². The van der Waals surface area contributed by atoms with Gasteiger partial charge in [0.2, 0.25) is 5.91 Å². The number of nitrogens with two attached hydrogens (primary N) is 1. The van der Waals surface area contributed by atoms with Crippen molar-refractivity contribution >= 4 is 17.7 Å². The summed E-state index contributed by atoms with van der Waals surface area (Å²) in [6, 6.07) is 4.58. The smallest absolute Gasteiger partial charge is 0.220 e. The van der Waals surface area contributed by atoms with Gasteiger partial charge in [-0.15, -0.1) is 0 Å². The van der Waals surface area contributed by atoms with Gasteiger partial charge in [0.05, 0.1) is 6.54 Å². The number of anilines is 1. The van der Waals surface area contributed by atoms with Gasteiger partial charge < -0.3 is 21.3 Å². The number of amides is 1. The summed E-state index contributed by atoms with van der Waals surface area (Å²) in [5.74, 6) is 1.66. The van der Waals surface area contributed by atoms with Crippen LogP contribution < -0.4 is 21.3 Å². The Morgan fingerprint density at radius 1 is 1.25 bits per heavy atom. The number of aromatic nitrogens is 1. The third-order valence-electron chi connectivity index (χ3n) is 5.76. The normalized spacial score (nSPS) is 19.5. The maximum atomic E-state index is 11.4. The standard InChI is InChI=1S/C21H34N6O/c1-2-23-21(26-18-8-4-3-5-9-18)25-15-17-7-6-12-24-20(17)27-13-10-16(11-14-27)19(22)28/h6-7,12,16,18H,2-5,8-11,13-15H2,1H3,(H2,22,28)(H2,23,25,26). The molecule has 1 aliphatic heterocycles. The predicted octanol–water partition coefficient (Wildman–Crippen LogP) is 2.17. The quantitative estimate of drug-likeness (QED) is 0.514. The average molecular weight is 387 g/mol. The van der Waals surface area contributed by atoms with Crippen molar-refractivity contribution in [1.29, 1.82) is 0 Å². The highest BCUT2D eigenvalue weighted by Crippen LogP contribution is 2.25. The molecule has 28 heavy (non-hydrogen) atoms. The third-order valence-corrected chi connectivity index (χ3v) is 5.76. The summed E-state index contributed by atoms with van der Waals surface area (Å²) in [5, 5.41) is 6.97. The molecule has 154 valence electrons. The summed E-state index contributed by atoms with van der Waals surface area (Å²) in [4.78, 5) is 23.1. The van der Waals surface area contributed by atoms with Gasteiger partial charge in [0, 0.05) is 43.4 Å². The number of guanidine groups is 1. The average Bonchev–Trinajstić information content (AvgIpc) is 2.73. The van der Waals surface area contributed by atoms with E-state index in [-0.39, 0.29) is 11.8 Å². The van der Waals surface area contributed by atoms with Gasteiger partial charge in [0.15, 0.2) is 5.96 Å². The molecular weight excluding hydrogens is 352 g/mol. The summed E-state index contributed by atoms with van der Waals surface area (Å²) in [6.07, 6.45) is 9.79. The number of nitrogens with zero attached hydrogens (tertiary/aromatic N) is 3. The zero-order valence-corrected chi connectivity index (χ0v) is 17.0. The summed E-state index contributed by atoms with van der Waals surface area (Å²) in [7, 11) is 0. The minimum absolute atomic E-state index is 0.0125. The minimum atomic E-state index is -0.186. The molecule has 1 amide bonds. The Morgan fingerprint density at radius 2 is 2.00 bits per heavy atom. The SMILES string of the molecule is CCNC(=NCc1cccnc1N1CCC(C(N)=O)CC1)NC1CCCCC1. The molecule has 2 heterocycles. The van der Waals surface area contributed by atoms with E-state index in [1.165, 1.54) is 32.1 Å². The van der Waals surface area contributed by atoms with Gasteiger partial charge in [-0.05, 0) is 38.7 Å². The maximum Gasteiger partial charge on any atom is 0.220 e. The van der Waals surface area contributed by atoms with Crippen LogP contribution in [-0.2, 0) is 11.3 Å². The lowest BCUT2D eigenvalue weighted by Gasteiger charge is -2.32. The van der Waals surface area contributed by atoms with E-state index in [9.17, 15) is 4.79 Å². The largest absolute Gasteiger partial charge is 0.369 e. The van der Waals surface area contributed by atoms with Crippen LogP contribution in [0.4, 0.5) is 5.82 Å². The van der Waals surface area contributed by atoms with Crippen molar-refractivity contribution in [1.82, 2.24) is 15.6 Å². The van der Waals surface area contributed by atoms with E-state index in [1.54, 1.807) is 0 Å². The summed E-state index contributed by atoms with van der Waals surface area (Å²) in [5.41, 5.74) is 6.57. The molecule has 0 atom stereocenters. The molecule has 0 spiro atoms. The van der Waals surface area contributed by atoms with Crippen LogP contribution in [0.1, 0.15) is 57.4 Å². The number of hydrogen-bond acceptors (Lipinski definition) is 4. The van der Waals surface area contributed by atoms with Crippen molar-refractivity contribution in [2.75, 3.05) is 24.5 Å². The van der Waals surface area contributed by atoms with Gasteiger partial charge in [-0.3, -0.25) is 4.79 Å². The Bertz CT molecular complexity index is 663. The molecule has 0 radical (unpaired) electrons. The van der Waals surface area contributed by atoms with E-state index in [0.29, 0.717) is 12.6 Å². The first kappa shape index (κ1) is 20.4. The fourth-order valence-corrected chi connectivity index (χ4v) is 4.14. The molecule has 0 unspecified atom stereocenters. The van der Waals surface area contributed by atoms with Crippen LogP contribution >= 0.6 is 0 Å². The predicted molar refractivity (Wildman–Crippen MR) is 113 cm³/mol. The number of rotatable bonds is 6. The Kier molecular flexibility index (Phi) is 7.51. The first-order chi connectivity index (χ1) is 13.7. The van der Waals surface area contributed by atoms with Gasteiger partial charge in [-0.1, -0.05) is 25.3 Å². The van der Waals surface area contributed by atoms with Crippen LogP contribution in [0.25, 0.3) is 0 Å². The van der Waals surface area contributed by atoms with Crippen LogP contribution in [-0.4, -0.2) is 42.5 Å². The molecule has 1 saturated carbocycles. The van der Waals surface area contributed by atoms with Gasteiger partial charge in [0.1, 0.15) is 5.82 Å². The third kappa shape index (κ3) is 5.59. The first-order valence-electron chi connectivity index (χ1n) is 10.7. The molecule has 1 aromatic heterocycles. The molecule has 2 aliphatic rings.